The molecular weight excluding hydrogens is 239 g/mol. The fraction of sp³-hybridized carbons (Fsp3) is 0.625. The zero-order valence-electron chi connectivity index (χ0n) is 11.6. The average molecular weight is 262 g/mol. The normalized spacial score (nSPS) is 20.3. The molecule has 1 aliphatic heterocycles. The highest BCUT2D eigenvalue weighted by Crippen LogP contribution is 2.26. The smallest absolute Gasteiger partial charge is 0.129 e. The summed E-state index contributed by atoms with van der Waals surface area (Å²) in [5, 5.41) is 3.35. The second-order valence-corrected chi connectivity index (χ2v) is 5.73. The van der Waals surface area contributed by atoms with Gasteiger partial charge in [0.15, 0.2) is 0 Å². The Morgan fingerprint density at radius 3 is 2.74 bits per heavy atom. The maximum atomic E-state index is 14.5. The minimum absolute atomic E-state index is 0.0901. The van der Waals surface area contributed by atoms with Crippen LogP contribution in [-0.2, 0) is 19.3 Å². The summed E-state index contributed by atoms with van der Waals surface area (Å²) in [6.45, 7) is 5.29. The standard InChI is InChI=1S/C16H23FN2/c17-16-14(7-10-19-11-8-18-9-12-19)6-5-13-3-1-2-4-15(13)16/h5-6,18H,1-4,7-12H2. The summed E-state index contributed by atoms with van der Waals surface area (Å²) in [5.74, 6) is 0.0901. The molecule has 0 spiro atoms. The van der Waals surface area contributed by atoms with Crippen molar-refractivity contribution in [3.8, 4) is 0 Å². The molecule has 1 aliphatic carbocycles. The molecule has 3 rings (SSSR count). The van der Waals surface area contributed by atoms with E-state index in [1.807, 2.05) is 6.07 Å². The number of hydrogen-bond donors (Lipinski definition) is 1. The molecule has 0 radical (unpaired) electrons. The minimum Gasteiger partial charge on any atom is -0.314 e. The minimum atomic E-state index is 0.0901. The molecule has 0 aromatic heterocycles. The molecule has 19 heavy (non-hydrogen) atoms. The third kappa shape index (κ3) is 2.98. The van der Waals surface area contributed by atoms with Gasteiger partial charge in [-0.3, -0.25) is 0 Å². The molecule has 2 aliphatic rings. The molecule has 3 heteroatoms. The maximum absolute atomic E-state index is 14.5. The van der Waals surface area contributed by atoms with Crippen molar-refractivity contribution in [1.29, 1.82) is 0 Å². The summed E-state index contributed by atoms with van der Waals surface area (Å²) in [6, 6.07) is 4.17. The Hall–Kier alpha value is -0.930. The lowest BCUT2D eigenvalue weighted by Crippen LogP contribution is -2.44. The van der Waals surface area contributed by atoms with Crippen molar-refractivity contribution in [2.45, 2.75) is 32.1 Å². The van der Waals surface area contributed by atoms with Crippen molar-refractivity contribution in [3.05, 3.63) is 34.6 Å². The van der Waals surface area contributed by atoms with Gasteiger partial charge < -0.3 is 10.2 Å². The van der Waals surface area contributed by atoms with Crippen molar-refractivity contribution >= 4 is 0 Å². The van der Waals surface area contributed by atoms with Crippen molar-refractivity contribution in [1.82, 2.24) is 10.2 Å². The molecule has 1 aromatic carbocycles. The van der Waals surface area contributed by atoms with E-state index in [-0.39, 0.29) is 5.82 Å². The van der Waals surface area contributed by atoms with Crippen LogP contribution in [0.4, 0.5) is 4.39 Å². The van der Waals surface area contributed by atoms with Gasteiger partial charge in [0, 0.05) is 32.7 Å². The van der Waals surface area contributed by atoms with Crippen LogP contribution in [0, 0.1) is 5.82 Å². The number of benzene rings is 1. The lowest BCUT2D eigenvalue weighted by Gasteiger charge is -2.27. The summed E-state index contributed by atoms with van der Waals surface area (Å²) in [7, 11) is 0. The number of aryl methyl sites for hydroxylation is 1. The first-order valence-corrected chi connectivity index (χ1v) is 7.57. The summed E-state index contributed by atoms with van der Waals surface area (Å²) in [5.41, 5.74) is 3.16. The lowest BCUT2D eigenvalue weighted by molar-refractivity contribution is 0.243. The van der Waals surface area contributed by atoms with E-state index in [2.05, 4.69) is 16.3 Å². The van der Waals surface area contributed by atoms with Crippen LogP contribution < -0.4 is 5.32 Å². The Bertz CT molecular complexity index is 439. The van der Waals surface area contributed by atoms with E-state index in [0.29, 0.717) is 0 Å². The van der Waals surface area contributed by atoms with Crippen LogP contribution in [0.25, 0.3) is 0 Å². The van der Waals surface area contributed by atoms with E-state index >= 15 is 0 Å². The number of nitrogens with zero attached hydrogens (tertiary/aromatic N) is 1. The molecule has 0 unspecified atom stereocenters. The van der Waals surface area contributed by atoms with Crippen molar-refractivity contribution in [3.63, 3.8) is 0 Å². The third-order valence-corrected chi connectivity index (χ3v) is 4.45. The number of halogens is 1. The summed E-state index contributed by atoms with van der Waals surface area (Å²) in [4.78, 5) is 2.43. The predicted octanol–water partition coefficient (Wildman–Crippen LogP) is 2.15. The van der Waals surface area contributed by atoms with Gasteiger partial charge in [-0.05, 0) is 48.8 Å². The van der Waals surface area contributed by atoms with E-state index in [1.54, 1.807) is 0 Å². The van der Waals surface area contributed by atoms with Crippen LogP contribution in [-0.4, -0.2) is 37.6 Å². The highest BCUT2D eigenvalue weighted by atomic mass is 19.1. The Kier molecular flexibility index (Phi) is 4.14. The SMILES string of the molecule is Fc1c(CCN2CCNCC2)ccc2c1CCCC2. The highest BCUT2D eigenvalue weighted by molar-refractivity contribution is 5.35. The molecule has 0 saturated carbocycles. The fourth-order valence-corrected chi connectivity index (χ4v) is 3.24. The molecular formula is C16H23FN2. The van der Waals surface area contributed by atoms with Crippen LogP contribution in [0.15, 0.2) is 12.1 Å². The van der Waals surface area contributed by atoms with E-state index in [0.717, 1.165) is 69.5 Å². The molecule has 2 nitrogen and oxygen atoms in total. The number of rotatable bonds is 3. The van der Waals surface area contributed by atoms with Gasteiger partial charge in [-0.15, -0.1) is 0 Å². The van der Waals surface area contributed by atoms with Gasteiger partial charge in [0.1, 0.15) is 5.82 Å². The van der Waals surface area contributed by atoms with Crippen LogP contribution >= 0.6 is 0 Å². The number of hydrogen-bond acceptors (Lipinski definition) is 2. The van der Waals surface area contributed by atoms with E-state index in [1.165, 1.54) is 12.0 Å². The van der Waals surface area contributed by atoms with Crippen LogP contribution in [0.1, 0.15) is 29.5 Å². The monoisotopic (exact) mass is 262 g/mol. The Balaban J connectivity index is 1.67. The van der Waals surface area contributed by atoms with E-state index < -0.39 is 0 Å². The summed E-state index contributed by atoms with van der Waals surface area (Å²) >= 11 is 0. The van der Waals surface area contributed by atoms with Gasteiger partial charge >= 0.3 is 0 Å². The fourth-order valence-electron chi connectivity index (χ4n) is 3.24. The zero-order valence-corrected chi connectivity index (χ0v) is 11.6. The topological polar surface area (TPSA) is 15.3 Å². The molecule has 104 valence electrons. The predicted molar refractivity (Wildman–Crippen MR) is 76.1 cm³/mol. The van der Waals surface area contributed by atoms with Gasteiger partial charge in [-0.25, -0.2) is 4.39 Å². The van der Waals surface area contributed by atoms with E-state index in [4.69, 9.17) is 0 Å². The van der Waals surface area contributed by atoms with Gasteiger partial charge in [0.05, 0.1) is 0 Å². The van der Waals surface area contributed by atoms with Gasteiger partial charge in [-0.1, -0.05) is 12.1 Å². The van der Waals surface area contributed by atoms with Crippen LogP contribution in [0.5, 0.6) is 0 Å². The molecule has 1 aromatic rings. The Labute approximate surface area is 115 Å². The van der Waals surface area contributed by atoms with Gasteiger partial charge in [-0.2, -0.15) is 0 Å². The lowest BCUT2D eigenvalue weighted by atomic mass is 9.89. The largest absolute Gasteiger partial charge is 0.314 e. The Morgan fingerprint density at radius 2 is 1.89 bits per heavy atom. The molecule has 1 heterocycles. The summed E-state index contributed by atoms with van der Waals surface area (Å²) in [6.07, 6.45) is 5.20. The number of piperazine rings is 1. The first-order valence-electron chi connectivity index (χ1n) is 7.57. The quantitative estimate of drug-likeness (QED) is 0.898. The number of fused-ring (bicyclic) bond motifs is 1. The molecule has 0 amide bonds. The summed E-state index contributed by atoms with van der Waals surface area (Å²) < 4.78 is 14.5. The molecule has 1 fully saturated rings. The molecule has 0 atom stereocenters. The van der Waals surface area contributed by atoms with Gasteiger partial charge in [0.2, 0.25) is 0 Å². The van der Waals surface area contributed by atoms with Crippen LogP contribution in [0.3, 0.4) is 0 Å². The maximum Gasteiger partial charge on any atom is 0.129 e. The van der Waals surface area contributed by atoms with E-state index in [9.17, 15) is 4.39 Å². The second-order valence-electron chi connectivity index (χ2n) is 5.73. The first-order chi connectivity index (χ1) is 9.34. The average Bonchev–Trinajstić information content (AvgIpc) is 2.48. The van der Waals surface area contributed by atoms with Crippen molar-refractivity contribution < 1.29 is 4.39 Å². The zero-order chi connectivity index (χ0) is 13.1. The Morgan fingerprint density at radius 1 is 1.11 bits per heavy atom. The molecule has 1 saturated heterocycles. The molecule has 1 N–H and O–H groups in total. The van der Waals surface area contributed by atoms with Crippen molar-refractivity contribution in [2.75, 3.05) is 32.7 Å². The van der Waals surface area contributed by atoms with Gasteiger partial charge in [0.25, 0.3) is 0 Å². The first kappa shape index (κ1) is 13.1. The van der Waals surface area contributed by atoms with Crippen LogP contribution in [0.2, 0.25) is 0 Å². The number of nitrogens with one attached hydrogen (secondary N) is 1. The third-order valence-electron chi connectivity index (χ3n) is 4.45. The van der Waals surface area contributed by atoms with Crippen molar-refractivity contribution in [2.24, 2.45) is 0 Å². The second kappa shape index (κ2) is 6.02. The molecule has 0 bridgehead atoms. The highest BCUT2D eigenvalue weighted by Gasteiger charge is 2.17.